The number of anilines is 1. The van der Waals surface area contributed by atoms with Gasteiger partial charge in [-0.25, -0.2) is 10.8 Å². The van der Waals surface area contributed by atoms with Crippen molar-refractivity contribution < 1.29 is 0 Å². The predicted molar refractivity (Wildman–Crippen MR) is 85.2 cm³/mol. The Hall–Kier alpha value is -1.26. The molecule has 0 saturated heterocycles. The lowest BCUT2D eigenvalue weighted by atomic mass is 10.1. The molecule has 1 aromatic heterocycles. The molecule has 1 heterocycles. The van der Waals surface area contributed by atoms with Crippen molar-refractivity contribution in [3.05, 3.63) is 35.9 Å². The number of unbranched alkanes of at least 4 members (excludes halogenated alkanes) is 2. The van der Waals surface area contributed by atoms with Crippen LogP contribution in [0.4, 0.5) is 5.82 Å². The molecule has 0 spiro atoms. The highest BCUT2D eigenvalue weighted by molar-refractivity contribution is 7.98. The average Bonchev–Trinajstić information content (AvgIpc) is 2.46. The van der Waals surface area contributed by atoms with Crippen LogP contribution in [0.1, 0.15) is 31.7 Å². The van der Waals surface area contributed by atoms with Crippen LogP contribution in [0, 0.1) is 0 Å². The van der Waals surface area contributed by atoms with Gasteiger partial charge in [-0.2, -0.15) is 11.8 Å². The zero-order valence-corrected chi connectivity index (χ0v) is 12.2. The zero-order valence-electron chi connectivity index (χ0n) is 11.4. The highest BCUT2D eigenvalue weighted by Crippen LogP contribution is 2.24. The highest BCUT2D eigenvalue weighted by Gasteiger charge is 2.05. The number of benzene rings is 1. The minimum atomic E-state index is 0.793. The minimum absolute atomic E-state index is 0.793. The third-order valence-electron chi connectivity index (χ3n) is 3.09. The molecule has 0 amide bonds. The first-order chi connectivity index (χ1) is 9.35. The number of nitrogens with two attached hydrogens (primary N) is 1. The van der Waals surface area contributed by atoms with Gasteiger partial charge in [0.05, 0.1) is 5.52 Å². The zero-order chi connectivity index (χ0) is 13.5. The van der Waals surface area contributed by atoms with Gasteiger partial charge in [-0.15, -0.1) is 0 Å². The summed E-state index contributed by atoms with van der Waals surface area (Å²) < 4.78 is 0. The SMILES string of the molecule is CCCCCSCc1cc2ccccc2nc1NN. The molecule has 0 bridgehead atoms. The smallest absolute Gasteiger partial charge is 0.144 e. The quantitative estimate of drug-likeness (QED) is 0.456. The van der Waals surface area contributed by atoms with E-state index in [4.69, 9.17) is 5.84 Å². The summed E-state index contributed by atoms with van der Waals surface area (Å²) in [6.07, 6.45) is 3.87. The number of nitrogens with one attached hydrogen (secondary N) is 1. The Morgan fingerprint density at radius 1 is 1.26 bits per heavy atom. The maximum Gasteiger partial charge on any atom is 0.144 e. The average molecular weight is 275 g/mol. The fourth-order valence-electron chi connectivity index (χ4n) is 2.03. The molecule has 0 aliphatic heterocycles. The van der Waals surface area contributed by atoms with Crippen molar-refractivity contribution in [2.75, 3.05) is 11.2 Å². The van der Waals surface area contributed by atoms with E-state index >= 15 is 0 Å². The first kappa shape index (κ1) is 14.2. The Labute approximate surface area is 119 Å². The van der Waals surface area contributed by atoms with Crippen LogP contribution in [0.2, 0.25) is 0 Å². The maximum atomic E-state index is 5.57. The Bertz CT molecular complexity index is 528. The summed E-state index contributed by atoms with van der Waals surface area (Å²) >= 11 is 1.95. The molecule has 3 nitrogen and oxygen atoms in total. The van der Waals surface area contributed by atoms with Crippen molar-refractivity contribution in [3.8, 4) is 0 Å². The van der Waals surface area contributed by atoms with Crippen LogP contribution in [-0.4, -0.2) is 10.7 Å². The predicted octanol–water partition coefficient (Wildman–Crippen LogP) is 3.94. The Balaban J connectivity index is 2.08. The summed E-state index contributed by atoms with van der Waals surface area (Å²) in [5, 5.41) is 1.17. The van der Waals surface area contributed by atoms with Crippen LogP contribution < -0.4 is 11.3 Å². The first-order valence-corrected chi connectivity index (χ1v) is 7.93. The largest absolute Gasteiger partial charge is 0.308 e. The summed E-state index contributed by atoms with van der Waals surface area (Å²) in [6, 6.07) is 10.3. The molecular weight excluding hydrogens is 254 g/mol. The lowest BCUT2D eigenvalue weighted by molar-refractivity contribution is 0.778. The molecule has 1 aromatic carbocycles. The fourth-order valence-corrected chi connectivity index (χ4v) is 3.02. The van der Waals surface area contributed by atoms with Crippen molar-refractivity contribution in [2.45, 2.75) is 31.9 Å². The number of rotatable bonds is 7. The molecule has 102 valence electrons. The van der Waals surface area contributed by atoms with Gasteiger partial charge in [0.1, 0.15) is 5.82 Å². The standard InChI is InChI=1S/C15H21N3S/c1-2-3-6-9-19-11-13-10-12-7-4-5-8-14(12)17-15(13)18-16/h4-5,7-8,10H,2-3,6,9,11,16H2,1H3,(H,17,18). The number of nitrogen functional groups attached to an aromatic ring is 1. The van der Waals surface area contributed by atoms with Crippen molar-refractivity contribution >= 4 is 28.5 Å². The maximum absolute atomic E-state index is 5.57. The normalized spacial score (nSPS) is 10.8. The number of pyridine rings is 1. The number of hydrogen-bond donors (Lipinski definition) is 2. The lowest BCUT2D eigenvalue weighted by Crippen LogP contribution is -2.11. The number of nitrogens with zero attached hydrogens (tertiary/aromatic N) is 1. The second-order valence-electron chi connectivity index (χ2n) is 4.59. The van der Waals surface area contributed by atoms with Crippen LogP contribution >= 0.6 is 11.8 Å². The molecule has 2 rings (SSSR count). The summed E-state index contributed by atoms with van der Waals surface area (Å²) in [4.78, 5) is 4.56. The third kappa shape index (κ3) is 3.85. The molecule has 0 radical (unpaired) electrons. The van der Waals surface area contributed by atoms with E-state index in [0.29, 0.717) is 0 Å². The summed E-state index contributed by atoms with van der Waals surface area (Å²) in [7, 11) is 0. The van der Waals surface area contributed by atoms with Gasteiger partial charge in [0.25, 0.3) is 0 Å². The molecule has 0 fully saturated rings. The Morgan fingerprint density at radius 3 is 2.89 bits per heavy atom. The highest BCUT2D eigenvalue weighted by atomic mass is 32.2. The van der Waals surface area contributed by atoms with Gasteiger partial charge in [0.15, 0.2) is 0 Å². The molecule has 0 saturated carbocycles. The van der Waals surface area contributed by atoms with Crippen molar-refractivity contribution in [1.29, 1.82) is 0 Å². The topological polar surface area (TPSA) is 50.9 Å². The van der Waals surface area contributed by atoms with Crippen molar-refractivity contribution in [2.24, 2.45) is 5.84 Å². The van der Waals surface area contributed by atoms with Crippen LogP contribution in [0.25, 0.3) is 10.9 Å². The van der Waals surface area contributed by atoms with E-state index in [1.54, 1.807) is 0 Å². The fraction of sp³-hybridized carbons (Fsp3) is 0.400. The molecule has 19 heavy (non-hydrogen) atoms. The summed E-state index contributed by atoms with van der Waals surface area (Å²) in [6.45, 7) is 2.23. The molecule has 0 aliphatic rings. The van der Waals surface area contributed by atoms with Crippen molar-refractivity contribution in [1.82, 2.24) is 4.98 Å². The molecule has 4 heteroatoms. The molecule has 3 N–H and O–H groups in total. The number of hydrazine groups is 1. The van der Waals surface area contributed by atoms with Crippen LogP contribution in [0.15, 0.2) is 30.3 Å². The number of aromatic nitrogens is 1. The monoisotopic (exact) mass is 275 g/mol. The van der Waals surface area contributed by atoms with Gasteiger partial charge in [-0.05, 0) is 24.3 Å². The van der Waals surface area contributed by atoms with E-state index < -0.39 is 0 Å². The lowest BCUT2D eigenvalue weighted by Gasteiger charge is -2.09. The third-order valence-corrected chi connectivity index (χ3v) is 4.18. The first-order valence-electron chi connectivity index (χ1n) is 6.78. The molecule has 2 aromatic rings. The Morgan fingerprint density at radius 2 is 2.11 bits per heavy atom. The second kappa shape index (κ2) is 7.36. The van der Waals surface area contributed by atoms with Gasteiger partial charge in [0, 0.05) is 16.7 Å². The van der Waals surface area contributed by atoms with Gasteiger partial charge >= 0.3 is 0 Å². The molecule has 0 aliphatic carbocycles. The van der Waals surface area contributed by atoms with Gasteiger partial charge in [0.2, 0.25) is 0 Å². The van der Waals surface area contributed by atoms with E-state index in [0.717, 1.165) is 17.1 Å². The number of para-hydroxylation sites is 1. The summed E-state index contributed by atoms with van der Waals surface area (Å²) in [5.41, 5.74) is 4.88. The van der Waals surface area contributed by atoms with E-state index in [9.17, 15) is 0 Å². The molecule has 0 unspecified atom stereocenters. The second-order valence-corrected chi connectivity index (χ2v) is 5.70. The summed E-state index contributed by atoms with van der Waals surface area (Å²) in [5.74, 6) is 8.52. The van der Waals surface area contributed by atoms with Gasteiger partial charge in [-0.3, -0.25) is 0 Å². The van der Waals surface area contributed by atoms with E-state index in [1.165, 1.54) is 36.0 Å². The molecule has 0 atom stereocenters. The Kier molecular flexibility index (Phi) is 5.48. The minimum Gasteiger partial charge on any atom is -0.308 e. The number of hydrogen-bond acceptors (Lipinski definition) is 4. The van der Waals surface area contributed by atoms with Crippen LogP contribution in [0.5, 0.6) is 0 Å². The van der Waals surface area contributed by atoms with Gasteiger partial charge < -0.3 is 5.43 Å². The van der Waals surface area contributed by atoms with Crippen LogP contribution in [-0.2, 0) is 5.75 Å². The number of thioether (sulfide) groups is 1. The molecular formula is C15H21N3S. The van der Waals surface area contributed by atoms with Crippen LogP contribution in [0.3, 0.4) is 0 Å². The van der Waals surface area contributed by atoms with E-state index in [-0.39, 0.29) is 0 Å². The van der Waals surface area contributed by atoms with E-state index in [1.807, 2.05) is 30.0 Å². The van der Waals surface area contributed by atoms with E-state index in [2.05, 4.69) is 29.5 Å². The number of fused-ring (bicyclic) bond motifs is 1. The van der Waals surface area contributed by atoms with Crippen molar-refractivity contribution in [3.63, 3.8) is 0 Å². The van der Waals surface area contributed by atoms with Gasteiger partial charge in [-0.1, -0.05) is 38.0 Å².